The van der Waals surface area contributed by atoms with E-state index in [4.69, 9.17) is 9.15 Å². The Hall–Kier alpha value is -2.80. The van der Waals surface area contributed by atoms with Gasteiger partial charge in [0.05, 0.1) is 7.11 Å². The van der Waals surface area contributed by atoms with E-state index in [1.807, 2.05) is 30.3 Å². The normalized spacial score (nSPS) is 9.95. The minimum atomic E-state index is 0.364. The van der Waals surface area contributed by atoms with Crippen LogP contribution in [0.3, 0.4) is 0 Å². The van der Waals surface area contributed by atoms with Gasteiger partial charge in [-0.25, -0.2) is 0 Å². The molecular weight excluding hydrogens is 240 g/mol. The van der Waals surface area contributed by atoms with Gasteiger partial charge in [-0.3, -0.25) is 4.98 Å². The molecule has 1 aromatic carbocycles. The fourth-order valence-electron chi connectivity index (χ4n) is 1.70. The van der Waals surface area contributed by atoms with Crippen LogP contribution in [-0.4, -0.2) is 17.1 Å². The van der Waals surface area contributed by atoms with Gasteiger partial charge in [0.2, 0.25) is 0 Å². The zero-order chi connectivity index (χ0) is 13.1. The quantitative estimate of drug-likeness (QED) is 0.623. The first kappa shape index (κ1) is 11.3. The summed E-state index contributed by atoms with van der Waals surface area (Å²) in [6.07, 6.45) is 3.39. The lowest BCUT2D eigenvalue weighted by Gasteiger charge is -1.96. The number of methoxy groups -OCH3 is 1. The molecule has 2 heterocycles. The lowest BCUT2D eigenvalue weighted by molar-refractivity contribution is 0.419. The van der Waals surface area contributed by atoms with Gasteiger partial charge in [0.1, 0.15) is 5.75 Å². The third kappa shape index (κ3) is 2.26. The number of pyridine rings is 1. The highest BCUT2D eigenvalue weighted by atomic mass is 16.5. The zero-order valence-corrected chi connectivity index (χ0v) is 10.3. The number of hydrogen-bond donors (Lipinski definition) is 0. The summed E-state index contributed by atoms with van der Waals surface area (Å²) >= 11 is 0. The summed E-state index contributed by atoms with van der Waals surface area (Å²) in [5.41, 5.74) is 2.16. The van der Waals surface area contributed by atoms with Crippen LogP contribution in [0.15, 0.2) is 47.1 Å². The minimum absolute atomic E-state index is 0.364. The molecule has 0 bridgehead atoms. The van der Waals surface area contributed by atoms with E-state index < -0.39 is 0 Å². The summed E-state index contributed by atoms with van der Waals surface area (Å²) in [4.78, 5) is 8.31. The molecule has 0 aliphatic carbocycles. The second kappa shape index (κ2) is 4.83. The van der Waals surface area contributed by atoms with Gasteiger partial charge in [-0.15, -0.1) is 0 Å². The first-order valence-electron chi connectivity index (χ1n) is 5.72. The van der Waals surface area contributed by atoms with E-state index in [1.165, 1.54) is 0 Å². The van der Waals surface area contributed by atoms with Crippen LogP contribution in [0.5, 0.6) is 5.75 Å². The molecule has 0 unspecified atom stereocenters. The Morgan fingerprint density at radius 2 is 2.11 bits per heavy atom. The summed E-state index contributed by atoms with van der Waals surface area (Å²) in [6, 6.07) is 9.23. The fourth-order valence-corrected chi connectivity index (χ4v) is 1.70. The Labute approximate surface area is 110 Å². The van der Waals surface area contributed by atoms with Crippen LogP contribution in [0.4, 0.5) is 0 Å². The van der Waals surface area contributed by atoms with Gasteiger partial charge < -0.3 is 9.15 Å². The molecule has 4 heteroatoms. The molecule has 0 atom stereocenters. The van der Waals surface area contributed by atoms with E-state index >= 15 is 0 Å². The summed E-state index contributed by atoms with van der Waals surface area (Å²) in [7, 11) is 1.60. The number of aromatic nitrogens is 2. The molecule has 4 nitrogen and oxygen atoms in total. The van der Waals surface area contributed by atoms with E-state index in [0.29, 0.717) is 22.7 Å². The highest BCUT2D eigenvalue weighted by molar-refractivity contribution is 5.80. The molecule has 0 radical (unpaired) electrons. The SMILES string of the molecule is COc1cccc2oc(C#Cc3cccnc3)nc12. The smallest absolute Gasteiger partial charge is 0.274 e. The van der Waals surface area contributed by atoms with Crippen LogP contribution in [0.1, 0.15) is 11.5 Å². The maximum absolute atomic E-state index is 5.55. The molecule has 3 aromatic rings. The molecule has 2 aromatic heterocycles. The second-order valence-electron chi connectivity index (χ2n) is 3.82. The summed E-state index contributed by atoms with van der Waals surface area (Å²) in [6.45, 7) is 0. The van der Waals surface area contributed by atoms with Crippen molar-refractivity contribution < 1.29 is 9.15 Å². The lowest BCUT2D eigenvalue weighted by Crippen LogP contribution is -1.83. The molecule has 0 spiro atoms. The van der Waals surface area contributed by atoms with Crippen molar-refractivity contribution in [2.75, 3.05) is 7.11 Å². The van der Waals surface area contributed by atoms with E-state index in [1.54, 1.807) is 19.5 Å². The number of para-hydroxylation sites is 1. The van der Waals surface area contributed by atoms with Gasteiger partial charge in [0.25, 0.3) is 5.89 Å². The number of benzene rings is 1. The molecule has 0 aliphatic rings. The Morgan fingerprint density at radius 1 is 1.16 bits per heavy atom. The predicted octanol–water partition coefficient (Wildman–Crippen LogP) is 2.63. The van der Waals surface area contributed by atoms with Crippen LogP contribution in [0, 0.1) is 11.8 Å². The van der Waals surface area contributed by atoms with E-state index in [-0.39, 0.29) is 0 Å². The Balaban J connectivity index is 2.01. The van der Waals surface area contributed by atoms with Crippen LogP contribution < -0.4 is 4.74 Å². The summed E-state index contributed by atoms with van der Waals surface area (Å²) in [5.74, 6) is 6.87. The molecule has 92 valence electrons. The molecule has 0 fully saturated rings. The van der Waals surface area contributed by atoms with Gasteiger partial charge in [-0.2, -0.15) is 4.98 Å². The van der Waals surface area contributed by atoms with Crippen LogP contribution in [-0.2, 0) is 0 Å². The number of rotatable bonds is 1. The largest absolute Gasteiger partial charge is 0.494 e. The van der Waals surface area contributed by atoms with Crippen molar-refractivity contribution in [2.45, 2.75) is 0 Å². The molecule has 3 rings (SSSR count). The van der Waals surface area contributed by atoms with Gasteiger partial charge >= 0.3 is 0 Å². The monoisotopic (exact) mass is 250 g/mol. The fraction of sp³-hybridized carbons (Fsp3) is 0.0667. The predicted molar refractivity (Wildman–Crippen MR) is 70.8 cm³/mol. The molecular formula is C15H10N2O2. The van der Waals surface area contributed by atoms with Gasteiger partial charge in [-0.05, 0) is 30.2 Å². The summed E-state index contributed by atoms with van der Waals surface area (Å²) in [5, 5.41) is 0. The van der Waals surface area contributed by atoms with Gasteiger partial charge in [0, 0.05) is 18.0 Å². The molecule has 0 amide bonds. The second-order valence-corrected chi connectivity index (χ2v) is 3.82. The first-order chi connectivity index (χ1) is 9.36. The molecule has 0 saturated carbocycles. The third-order valence-corrected chi connectivity index (χ3v) is 2.58. The topological polar surface area (TPSA) is 48.2 Å². The highest BCUT2D eigenvalue weighted by Crippen LogP contribution is 2.24. The summed E-state index contributed by atoms with van der Waals surface area (Å²) < 4.78 is 10.8. The highest BCUT2D eigenvalue weighted by Gasteiger charge is 2.08. The Bertz CT molecular complexity index is 767. The van der Waals surface area contributed by atoms with Gasteiger partial charge in [0.15, 0.2) is 11.1 Å². The van der Waals surface area contributed by atoms with Crippen molar-refractivity contribution in [1.29, 1.82) is 0 Å². The van der Waals surface area contributed by atoms with Crippen molar-refractivity contribution in [3.8, 4) is 17.6 Å². The van der Waals surface area contributed by atoms with Crippen LogP contribution in [0.2, 0.25) is 0 Å². The van der Waals surface area contributed by atoms with Gasteiger partial charge in [-0.1, -0.05) is 12.0 Å². The lowest BCUT2D eigenvalue weighted by atomic mass is 10.3. The first-order valence-corrected chi connectivity index (χ1v) is 5.72. The maximum atomic E-state index is 5.55. The number of fused-ring (bicyclic) bond motifs is 1. The number of ether oxygens (including phenoxy) is 1. The Morgan fingerprint density at radius 3 is 2.89 bits per heavy atom. The molecule has 19 heavy (non-hydrogen) atoms. The molecule has 0 N–H and O–H groups in total. The van der Waals surface area contributed by atoms with E-state index in [2.05, 4.69) is 21.8 Å². The van der Waals surface area contributed by atoms with Crippen molar-refractivity contribution in [1.82, 2.24) is 9.97 Å². The van der Waals surface area contributed by atoms with Crippen molar-refractivity contribution in [3.63, 3.8) is 0 Å². The number of oxazole rings is 1. The Kier molecular flexibility index (Phi) is 2.87. The standard InChI is InChI=1S/C15H10N2O2/c1-18-12-5-2-6-13-15(12)17-14(19-13)8-7-11-4-3-9-16-10-11/h2-6,9-10H,1H3. The average molecular weight is 250 g/mol. The molecule has 0 aliphatic heterocycles. The third-order valence-electron chi connectivity index (χ3n) is 2.58. The minimum Gasteiger partial charge on any atom is -0.494 e. The van der Waals surface area contributed by atoms with E-state index in [9.17, 15) is 0 Å². The molecule has 0 saturated heterocycles. The number of hydrogen-bond acceptors (Lipinski definition) is 4. The maximum Gasteiger partial charge on any atom is 0.274 e. The zero-order valence-electron chi connectivity index (χ0n) is 10.3. The number of nitrogens with zero attached hydrogens (tertiary/aromatic N) is 2. The average Bonchev–Trinajstić information content (AvgIpc) is 2.89. The van der Waals surface area contributed by atoms with Crippen molar-refractivity contribution in [3.05, 3.63) is 54.2 Å². The van der Waals surface area contributed by atoms with Crippen molar-refractivity contribution >= 4 is 11.1 Å². The van der Waals surface area contributed by atoms with Crippen molar-refractivity contribution in [2.24, 2.45) is 0 Å². The van der Waals surface area contributed by atoms with Crippen LogP contribution >= 0.6 is 0 Å². The van der Waals surface area contributed by atoms with Crippen LogP contribution in [0.25, 0.3) is 11.1 Å². The van der Waals surface area contributed by atoms with E-state index in [0.717, 1.165) is 5.56 Å².